The molecule has 0 fully saturated rings. The monoisotopic (exact) mass is 386 g/mol. The molecule has 0 radical (unpaired) electrons. The summed E-state index contributed by atoms with van der Waals surface area (Å²) in [5.74, 6) is -2.57. The maximum absolute atomic E-state index is 12.4. The number of carbonyl (C=O) groups excluding carboxylic acids is 3. The van der Waals surface area contributed by atoms with Crippen molar-refractivity contribution < 1.29 is 28.8 Å². The number of benzene rings is 1. The van der Waals surface area contributed by atoms with Gasteiger partial charge in [0.1, 0.15) is 5.70 Å². The fourth-order valence-corrected chi connectivity index (χ4v) is 2.14. The van der Waals surface area contributed by atoms with E-state index in [0.717, 1.165) is 0 Å². The van der Waals surface area contributed by atoms with Gasteiger partial charge in [-0.2, -0.15) is 0 Å². The first-order valence-corrected chi connectivity index (χ1v) is 8.16. The Bertz CT molecular complexity index is 886. The predicted molar refractivity (Wildman–Crippen MR) is 94.5 cm³/mol. The van der Waals surface area contributed by atoms with Crippen LogP contribution in [0.4, 0.5) is 5.69 Å². The lowest BCUT2D eigenvalue weighted by Gasteiger charge is -2.10. The highest BCUT2D eigenvalue weighted by Gasteiger charge is 2.16. The molecule has 10 heteroatoms. The minimum atomic E-state index is -1.23. The third-order valence-corrected chi connectivity index (χ3v) is 3.50. The maximum atomic E-state index is 12.4. The Morgan fingerprint density at radius 2 is 1.86 bits per heavy atom. The molecule has 0 saturated carbocycles. The summed E-state index contributed by atoms with van der Waals surface area (Å²) in [5.41, 5.74) is 0.180. The van der Waals surface area contributed by atoms with Crippen molar-refractivity contribution in [3.05, 3.63) is 69.8 Å². The van der Waals surface area contributed by atoms with Gasteiger partial charge in [0, 0.05) is 24.6 Å². The van der Waals surface area contributed by atoms with E-state index in [9.17, 15) is 29.6 Å². The highest BCUT2D eigenvalue weighted by Crippen LogP contribution is 2.14. The molecule has 0 aliphatic heterocycles. The van der Waals surface area contributed by atoms with Gasteiger partial charge in [0.2, 0.25) is 0 Å². The van der Waals surface area contributed by atoms with Gasteiger partial charge in [-0.15, -0.1) is 0 Å². The second-order valence-electron chi connectivity index (χ2n) is 5.57. The lowest BCUT2D eigenvalue weighted by atomic mass is 10.1. The second kappa shape index (κ2) is 9.67. The number of furan rings is 1. The van der Waals surface area contributed by atoms with E-state index in [4.69, 9.17) is 4.42 Å². The van der Waals surface area contributed by atoms with Gasteiger partial charge >= 0.3 is 0 Å². The SMILES string of the molecule is O=C([O-])CCCNC(=O)/C(=C/c1ccc([N+](=O)[O-])cc1)NC(=O)c1ccco1. The molecule has 0 unspecified atom stereocenters. The molecule has 146 valence electrons. The van der Waals surface area contributed by atoms with Gasteiger partial charge in [0.05, 0.1) is 11.2 Å². The Kier molecular flexibility index (Phi) is 7.03. The van der Waals surface area contributed by atoms with Crippen LogP contribution in [0.5, 0.6) is 0 Å². The molecule has 1 aromatic carbocycles. The van der Waals surface area contributed by atoms with E-state index in [-0.39, 0.29) is 36.5 Å². The Morgan fingerprint density at radius 3 is 2.43 bits per heavy atom. The van der Waals surface area contributed by atoms with Crippen LogP contribution < -0.4 is 15.7 Å². The molecular weight excluding hydrogens is 370 g/mol. The standard InChI is InChI=1S/C18H17N3O7/c22-16(23)4-1-9-19-17(24)14(20-18(25)15-3-2-10-28-15)11-12-5-7-13(8-6-12)21(26)27/h2-3,5-8,10-11H,1,4,9H2,(H,19,24)(H,20,25)(H,22,23)/p-1/b14-11-. The number of nitrogens with zero attached hydrogens (tertiary/aromatic N) is 1. The van der Waals surface area contributed by atoms with Crippen molar-refractivity contribution in [2.75, 3.05) is 6.54 Å². The quantitative estimate of drug-likeness (QED) is 0.277. The Morgan fingerprint density at radius 1 is 1.14 bits per heavy atom. The van der Waals surface area contributed by atoms with Crippen molar-refractivity contribution in [1.82, 2.24) is 10.6 Å². The molecule has 0 atom stereocenters. The van der Waals surface area contributed by atoms with Gasteiger partial charge in [-0.3, -0.25) is 19.7 Å². The average molecular weight is 386 g/mol. The molecule has 1 heterocycles. The number of nitro groups is 1. The summed E-state index contributed by atoms with van der Waals surface area (Å²) in [6.07, 6.45) is 2.57. The van der Waals surface area contributed by atoms with E-state index in [2.05, 4.69) is 10.6 Å². The van der Waals surface area contributed by atoms with Crippen LogP contribution in [-0.4, -0.2) is 29.3 Å². The Hall–Kier alpha value is -3.95. The number of amides is 2. The number of hydrogen-bond acceptors (Lipinski definition) is 7. The topological polar surface area (TPSA) is 155 Å². The Balaban J connectivity index is 2.16. The highest BCUT2D eigenvalue weighted by atomic mass is 16.6. The van der Waals surface area contributed by atoms with Crippen LogP contribution in [0.1, 0.15) is 29.0 Å². The summed E-state index contributed by atoms with van der Waals surface area (Å²) < 4.78 is 4.97. The third kappa shape index (κ3) is 6.09. The molecule has 0 bridgehead atoms. The average Bonchev–Trinajstić information content (AvgIpc) is 3.19. The largest absolute Gasteiger partial charge is 0.550 e. The van der Waals surface area contributed by atoms with E-state index in [1.54, 1.807) is 0 Å². The smallest absolute Gasteiger partial charge is 0.291 e. The zero-order valence-electron chi connectivity index (χ0n) is 14.5. The van der Waals surface area contributed by atoms with Crippen molar-refractivity contribution in [1.29, 1.82) is 0 Å². The van der Waals surface area contributed by atoms with Crippen LogP contribution in [0, 0.1) is 10.1 Å². The molecule has 2 N–H and O–H groups in total. The number of nitro benzene ring substituents is 1. The molecule has 1 aromatic heterocycles. The number of hydrogen-bond donors (Lipinski definition) is 2. The number of carboxylic acids is 1. The zero-order chi connectivity index (χ0) is 20.5. The van der Waals surface area contributed by atoms with Gasteiger partial charge < -0.3 is 25.0 Å². The number of non-ortho nitro benzene ring substituents is 1. The molecule has 0 aliphatic carbocycles. The predicted octanol–water partition coefficient (Wildman–Crippen LogP) is 0.605. The number of carboxylic acid groups (broad SMARTS) is 1. The zero-order valence-corrected chi connectivity index (χ0v) is 14.5. The first-order valence-electron chi connectivity index (χ1n) is 8.16. The van der Waals surface area contributed by atoms with Crippen LogP contribution in [0.25, 0.3) is 6.08 Å². The number of rotatable bonds is 9. The van der Waals surface area contributed by atoms with Crippen molar-refractivity contribution in [3.63, 3.8) is 0 Å². The van der Waals surface area contributed by atoms with E-state index < -0.39 is 22.7 Å². The van der Waals surface area contributed by atoms with E-state index >= 15 is 0 Å². The lowest BCUT2D eigenvalue weighted by Crippen LogP contribution is -2.35. The summed E-state index contributed by atoms with van der Waals surface area (Å²) in [5, 5.41) is 26.0. The fourth-order valence-electron chi connectivity index (χ4n) is 2.14. The normalized spacial score (nSPS) is 10.9. The minimum Gasteiger partial charge on any atom is -0.550 e. The number of aliphatic carboxylic acids is 1. The lowest BCUT2D eigenvalue weighted by molar-refractivity contribution is -0.384. The number of carbonyl (C=O) groups is 3. The summed E-state index contributed by atoms with van der Waals surface area (Å²) in [7, 11) is 0. The van der Waals surface area contributed by atoms with Gasteiger partial charge in [0.15, 0.2) is 5.76 Å². The number of nitrogens with one attached hydrogen (secondary N) is 2. The first kappa shape index (κ1) is 20.4. The van der Waals surface area contributed by atoms with Gasteiger partial charge in [-0.05, 0) is 48.7 Å². The second-order valence-corrected chi connectivity index (χ2v) is 5.57. The summed E-state index contributed by atoms with van der Waals surface area (Å²) in [6, 6.07) is 8.28. The van der Waals surface area contributed by atoms with Gasteiger partial charge in [-0.25, -0.2) is 0 Å². The molecule has 2 rings (SSSR count). The summed E-state index contributed by atoms with van der Waals surface area (Å²) >= 11 is 0. The van der Waals surface area contributed by atoms with E-state index in [1.807, 2.05) is 0 Å². The third-order valence-electron chi connectivity index (χ3n) is 3.50. The molecule has 0 aliphatic rings. The van der Waals surface area contributed by atoms with Gasteiger partial charge in [-0.1, -0.05) is 0 Å². The molecule has 0 spiro atoms. The van der Waals surface area contributed by atoms with Crippen molar-refractivity contribution >= 4 is 29.5 Å². The van der Waals surface area contributed by atoms with Crippen LogP contribution in [-0.2, 0) is 9.59 Å². The first-order chi connectivity index (χ1) is 13.4. The highest BCUT2D eigenvalue weighted by molar-refractivity contribution is 6.04. The van der Waals surface area contributed by atoms with Crippen molar-refractivity contribution in [2.45, 2.75) is 12.8 Å². The van der Waals surface area contributed by atoms with E-state index in [1.165, 1.54) is 48.7 Å². The van der Waals surface area contributed by atoms with Crippen LogP contribution in [0.2, 0.25) is 0 Å². The molecule has 2 amide bonds. The van der Waals surface area contributed by atoms with Crippen molar-refractivity contribution in [2.24, 2.45) is 0 Å². The van der Waals surface area contributed by atoms with Crippen LogP contribution >= 0.6 is 0 Å². The van der Waals surface area contributed by atoms with Crippen LogP contribution in [0.3, 0.4) is 0 Å². The molecular formula is C18H16N3O7-. The Labute approximate surface area is 159 Å². The minimum absolute atomic E-state index is 0.0145. The molecule has 0 saturated heterocycles. The summed E-state index contributed by atoms with van der Waals surface area (Å²) in [6.45, 7) is 0.0566. The van der Waals surface area contributed by atoms with Gasteiger partial charge in [0.25, 0.3) is 17.5 Å². The van der Waals surface area contributed by atoms with E-state index in [0.29, 0.717) is 5.56 Å². The summed E-state index contributed by atoms with van der Waals surface area (Å²) in [4.78, 5) is 45.1. The van der Waals surface area contributed by atoms with Crippen LogP contribution in [0.15, 0.2) is 52.8 Å². The molecule has 2 aromatic rings. The molecule has 10 nitrogen and oxygen atoms in total. The van der Waals surface area contributed by atoms with Crippen molar-refractivity contribution in [3.8, 4) is 0 Å². The maximum Gasteiger partial charge on any atom is 0.291 e. The molecule has 28 heavy (non-hydrogen) atoms. The fraction of sp³-hybridized carbons (Fsp3) is 0.167.